The number of benzene rings is 2. The van der Waals surface area contributed by atoms with Crippen LogP contribution in [-0.4, -0.2) is 17.0 Å². The molecule has 0 aliphatic carbocycles. The first kappa shape index (κ1) is 17.5. The third-order valence-electron chi connectivity index (χ3n) is 3.39. The van der Waals surface area contributed by atoms with Crippen molar-refractivity contribution < 1.29 is 19.4 Å². The van der Waals surface area contributed by atoms with Gasteiger partial charge in [-0.25, -0.2) is 0 Å². The Morgan fingerprint density at radius 3 is 2.12 bits per heavy atom. The molecule has 2 aromatic carbocycles. The van der Waals surface area contributed by atoms with Crippen LogP contribution in [0.15, 0.2) is 54.6 Å². The van der Waals surface area contributed by atoms with Gasteiger partial charge < -0.3 is 15.2 Å². The summed E-state index contributed by atoms with van der Waals surface area (Å²) in [7, 11) is 0. The second-order valence-electron chi connectivity index (χ2n) is 6.40. The van der Waals surface area contributed by atoms with E-state index >= 15 is 0 Å². The molecule has 0 atom stereocenters. The molecule has 5 heteroatoms. The van der Waals surface area contributed by atoms with Gasteiger partial charge in [-0.1, -0.05) is 32.0 Å². The number of nitrogens with one attached hydrogen (secondary N) is 1. The molecular weight excluding hydrogens is 306 g/mol. The maximum atomic E-state index is 12.1. The molecule has 2 rings (SSSR count). The summed E-state index contributed by atoms with van der Waals surface area (Å²) in [6.45, 7) is 3.52. The molecule has 0 radical (unpaired) electrons. The molecule has 0 aliphatic heterocycles. The van der Waals surface area contributed by atoms with Crippen molar-refractivity contribution in [3.8, 4) is 11.5 Å². The van der Waals surface area contributed by atoms with Crippen molar-refractivity contribution in [2.45, 2.75) is 26.7 Å². The Labute approximate surface area is 141 Å². The molecule has 0 spiro atoms. The Morgan fingerprint density at radius 2 is 1.54 bits per heavy atom. The van der Waals surface area contributed by atoms with Crippen molar-refractivity contribution in [1.29, 1.82) is 0 Å². The fraction of sp³-hybridized carbons (Fsp3) is 0.263. The van der Waals surface area contributed by atoms with E-state index in [4.69, 9.17) is 9.84 Å². The van der Waals surface area contributed by atoms with Crippen LogP contribution in [0.4, 0.5) is 5.69 Å². The Morgan fingerprint density at radius 1 is 0.958 bits per heavy atom. The number of carbonyl (C=O) groups excluding carboxylic acids is 1. The molecule has 0 saturated carbocycles. The van der Waals surface area contributed by atoms with E-state index in [0.29, 0.717) is 11.4 Å². The summed E-state index contributed by atoms with van der Waals surface area (Å²) in [4.78, 5) is 22.8. The van der Waals surface area contributed by atoms with Crippen molar-refractivity contribution in [3.63, 3.8) is 0 Å². The number of carboxylic acid groups (broad SMARTS) is 1. The SMILES string of the molecule is CC(C)(CC(=O)O)CC(=O)Nc1ccc(Oc2ccccc2)cc1. The number of carbonyl (C=O) groups is 2. The van der Waals surface area contributed by atoms with Gasteiger partial charge in [0, 0.05) is 12.1 Å². The first-order chi connectivity index (χ1) is 11.3. The van der Waals surface area contributed by atoms with Crippen molar-refractivity contribution in [2.75, 3.05) is 5.32 Å². The van der Waals surface area contributed by atoms with Gasteiger partial charge in [0.15, 0.2) is 0 Å². The van der Waals surface area contributed by atoms with Gasteiger partial charge in [0.05, 0.1) is 6.42 Å². The lowest BCUT2D eigenvalue weighted by Crippen LogP contribution is -2.24. The zero-order valence-corrected chi connectivity index (χ0v) is 13.8. The summed E-state index contributed by atoms with van der Waals surface area (Å²) in [5.41, 5.74) is 0.0539. The van der Waals surface area contributed by atoms with Gasteiger partial charge in [0.25, 0.3) is 0 Å². The zero-order chi connectivity index (χ0) is 17.6. The van der Waals surface area contributed by atoms with Crippen LogP contribution < -0.4 is 10.1 Å². The third kappa shape index (κ3) is 5.76. The quantitative estimate of drug-likeness (QED) is 0.794. The maximum Gasteiger partial charge on any atom is 0.303 e. The molecule has 126 valence electrons. The lowest BCUT2D eigenvalue weighted by Gasteiger charge is -2.21. The highest BCUT2D eigenvalue weighted by Crippen LogP contribution is 2.26. The highest BCUT2D eigenvalue weighted by atomic mass is 16.5. The number of carboxylic acids is 1. The lowest BCUT2D eigenvalue weighted by atomic mass is 9.85. The van der Waals surface area contributed by atoms with Crippen LogP contribution in [0.2, 0.25) is 0 Å². The number of aliphatic carboxylic acids is 1. The van der Waals surface area contributed by atoms with Gasteiger partial charge in [0.2, 0.25) is 5.91 Å². The van der Waals surface area contributed by atoms with E-state index < -0.39 is 11.4 Å². The second-order valence-corrected chi connectivity index (χ2v) is 6.40. The molecule has 1 amide bonds. The molecule has 2 aromatic rings. The summed E-state index contributed by atoms with van der Waals surface area (Å²) in [5, 5.41) is 11.6. The van der Waals surface area contributed by atoms with Crippen LogP contribution in [0.5, 0.6) is 11.5 Å². The largest absolute Gasteiger partial charge is 0.481 e. The van der Waals surface area contributed by atoms with Crippen LogP contribution in [0.25, 0.3) is 0 Å². The second kappa shape index (κ2) is 7.64. The highest BCUT2D eigenvalue weighted by Gasteiger charge is 2.25. The molecule has 2 N–H and O–H groups in total. The molecule has 0 heterocycles. The van der Waals surface area contributed by atoms with Gasteiger partial charge in [-0.15, -0.1) is 0 Å². The number of hydrogen-bond acceptors (Lipinski definition) is 3. The first-order valence-electron chi connectivity index (χ1n) is 7.69. The topological polar surface area (TPSA) is 75.6 Å². The Kier molecular flexibility index (Phi) is 5.58. The molecule has 0 aliphatic rings. The number of hydrogen-bond donors (Lipinski definition) is 2. The summed E-state index contributed by atoms with van der Waals surface area (Å²) in [6.07, 6.45) is 0.0891. The van der Waals surface area contributed by atoms with Gasteiger partial charge in [0.1, 0.15) is 11.5 Å². The number of anilines is 1. The predicted molar refractivity (Wildman–Crippen MR) is 92.2 cm³/mol. The van der Waals surface area contributed by atoms with Crippen LogP contribution >= 0.6 is 0 Å². The van der Waals surface area contributed by atoms with E-state index in [9.17, 15) is 9.59 Å². The van der Waals surface area contributed by atoms with E-state index in [1.165, 1.54) is 0 Å². The number of rotatable bonds is 7. The minimum absolute atomic E-state index is 0.0513. The Bertz CT molecular complexity index is 693. The van der Waals surface area contributed by atoms with Crippen LogP contribution in [0.1, 0.15) is 26.7 Å². The van der Waals surface area contributed by atoms with Crippen molar-refractivity contribution in [3.05, 3.63) is 54.6 Å². The van der Waals surface area contributed by atoms with Gasteiger partial charge >= 0.3 is 5.97 Å². The molecule has 24 heavy (non-hydrogen) atoms. The molecule has 0 saturated heterocycles. The fourth-order valence-corrected chi connectivity index (χ4v) is 2.34. The average Bonchev–Trinajstić information content (AvgIpc) is 2.48. The summed E-state index contributed by atoms with van der Waals surface area (Å²) < 4.78 is 5.68. The van der Waals surface area contributed by atoms with E-state index in [-0.39, 0.29) is 18.7 Å². The summed E-state index contributed by atoms with van der Waals surface area (Å²) in [6, 6.07) is 16.5. The first-order valence-corrected chi connectivity index (χ1v) is 7.69. The van der Waals surface area contributed by atoms with Crippen LogP contribution in [0, 0.1) is 5.41 Å². The van der Waals surface area contributed by atoms with E-state index in [1.807, 2.05) is 30.3 Å². The van der Waals surface area contributed by atoms with Gasteiger partial charge in [-0.05, 0) is 41.8 Å². The predicted octanol–water partition coefficient (Wildman–Crippen LogP) is 4.31. The van der Waals surface area contributed by atoms with E-state index in [2.05, 4.69) is 5.32 Å². The maximum absolute atomic E-state index is 12.1. The van der Waals surface area contributed by atoms with Crippen LogP contribution in [-0.2, 0) is 9.59 Å². The van der Waals surface area contributed by atoms with Crippen molar-refractivity contribution in [1.82, 2.24) is 0 Å². The molecule has 0 unspecified atom stereocenters. The fourth-order valence-electron chi connectivity index (χ4n) is 2.34. The molecular formula is C19H21NO4. The van der Waals surface area contributed by atoms with Crippen LogP contribution in [0.3, 0.4) is 0 Å². The van der Waals surface area contributed by atoms with Gasteiger partial charge in [-0.3, -0.25) is 9.59 Å². The zero-order valence-electron chi connectivity index (χ0n) is 13.8. The van der Waals surface area contributed by atoms with E-state index in [0.717, 1.165) is 5.75 Å². The minimum Gasteiger partial charge on any atom is -0.481 e. The molecule has 0 aromatic heterocycles. The molecule has 0 bridgehead atoms. The number of para-hydroxylation sites is 1. The normalized spacial score (nSPS) is 10.9. The number of ether oxygens (including phenoxy) is 1. The Balaban J connectivity index is 1.91. The van der Waals surface area contributed by atoms with Gasteiger partial charge in [-0.2, -0.15) is 0 Å². The monoisotopic (exact) mass is 327 g/mol. The third-order valence-corrected chi connectivity index (χ3v) is 3.39. The summed E-state index contributed by atoms with van der Waals surface area (Å²) >= 11 is 0. The number of amides is 1. The average molecular weight is 327 g/mol. The smallest absolute Gasteiger partial charge is 0.303 e. The standard InChI is InChI=1S/C19H21NO4/c1-19(2,13-18(22)23)12-17(21)20-14-8-10-16(11-9-14)24-15-6-4-3-5-7-15/h3-11H,12-13H2,1-2H3,(H,20,21)(H,22,23). The highest BCUT2D eigenvalue weighted by molar-refractivity contribution is 5.91. The molecule has 5 nitrogen and oxygen atoms in total. The van der Waals surface area contributed by atoms with Crippen molar-refractivity contribution in [2.24, 2.45) is 5.41 Å². The molecule has 0 fully saturated rings. The van der Waals surface area contributed by atoms with Crippen molar-refractivity contribution >= 4 is 17.6 Å². The Hall–Kier alpha value is -2.82. The lowest BCUT2D eigenvalue weighted by molar-refractivity contribution is -0.139. The summed E-state index contributed by atoms with van der Waals surface area (Å²) in [5.74, 6) is 0.295. The minimum atomic E-state index is -0.907. The van der Waals surface area contributed by atoms with E-state index in [1.54, 1.807) is 38.1 Å².